The number of esters is 1. The second kappa shape index (κ2) is 9.46. The molecule has 4 rings (SSSR count). The number of aromatic nitrogens is 4. The number of benzene rings is 1. The van der Waals surface area contributed by atoms with E-state index in [2.05, 4.69) is 15.1 Å². The molecule has 0 radical (unpaired) electrons. The van der Waals surface area contributed by atoms with E-state index >= 15 is 0 Å². The van der Waals surface area contributed by atoms with Crippen LogP contribution in [0.1, 0.15) is 16.8 Å². The molecule has 186 valence electrons. The van der Waals surface area contributed by atoms with Crippen LogP contribution in [0, 0.1) is 6.92 Å². The van der Waals surface area contributed by atoms with Gasteiger partial charge in [0.15, 0.2) is 11.5 Å². The van der Waals surface area contributed by atoms with Crippen molar-refractivity contribution in [2.75, 3.05) is 14.2 Å². The molecule has 0 atom stereocenters. The van der Waals surface area contributed by atoms with Gasteiger partial charge in [-0.05, 0) is 42.3 Å². The molecule has 3 aromatic heterocycles. The van der Waals surface area contributed by atoms with Crippen molar-refractivity contribution < 1.29 is 31.9 Å². The van der Waals surface area contributed by atoms with Gasteiger partial charge in [0.2, 0.25) is 5.89 Å². The number of hydrogen-bond donors (Lipinski definition) is 0. The summed E-state index contributed by atoms with van der Waals surface area (Å²) in [5, 5.41) is 3.58. The van der Waals surface area contributed by atoms with E-state index in [0.29, 0.717) is 17.2 Å². The van der Waals surface area contributed by atoms with Crippen LogP contribution >= 0.6 is 11.6 Å². The van der Waals surface area contributed by atoms with Gasteiger partial charge in [-0.3, -0.25) is 0 Å². The lowest BCUT2D eigenvalue weighted by Gasteiger charge is -2.10. The molecule has 0 spiro atoms. The Kier molecular flexibility index (Phi) is 6.55. The summed E-state index contributed by atoms with van der Waals surface area (Å²) in [5.41, 5.74) is -1.56. The standard InChI is InChI=1S/C23H16ClF3N4O5/c1-11-7-12(14(10-34-2)21(32)35-3)8-13-18(11)29-20(36-22(13)33)16-9-17(23(25,26)27)30-31(16)19-15(24)5-4-6-28-19/h4-10H,1-3H3/b14-10+. The Labute approximate surface area is 205 Å². The van der Waals surface area contributed by atoms with Crippen molar-refractivity contribution in [3.05, 3.63) is 75.1 Å². The molecular formula is C23H16ClF3N4O5. The van der Waals surface area contributed by atoms with Gasteiger partial charge >= 0.3 is 17.8 Å². The second-order valence-electron chi connectivity index (χ2n) is 7.39. The monoisotopic (exact) mass is 520 g/mol. The molecule has 0 aliphatic rings. The molecule has 0 saturated heterocycles. The number of aryl methyl sites for hydroxylation is 1. The normalized spacial score (nSPS) is 12.1. The van der Waals surface area contributed by atoms with Crippen LogP contribution in [0.25, 0.3) is 33.9 Å². The van der Waals surface area contributed by atoms with Crippen LogP contribution in [0.15, 0.2) is 52.0 Å². The fourth-order valence-corrected chi connectivity index (χ4v) is 3.65. The lowest BCUT2D eigenvalue weighted by molar-refractivity contribution is -0.141. The van der Waals surface area contributed by atoms with E-state index in [4.69, 9.17) is 25.5 Å². The summed E-state index contributed by atoms with van der Waals surface area (Å²) < 4.78 is 56.3. The lowest BCUT2D eigenvalue weighted by Crippen LogP contribution is -2.10. The number of rotatable bonds is 5. The Morgan fingerprint density at radius 2 is 1.97 bits per heavy atom. The Morgan fingerprint density at radius 3 is 2.61 bits per heavy atom. The number of ether oxygens (including phenoxy) is 2. The first-order chi connectivity index (χ1) is 17.0. The Hall–Kier alpha value is -4.19. The van der Waals surface area contributed by atoms with Crippen molar-refractivity contribution in [2.45, 2.75) is 13.1 Å². The Balaban J connectivity index is 1.96. The molecular weight excluding hydrogens is 505 g/mol. The summed E-state index contributed by atoms with van der Waals surface area (Å²) in [6, 6.07) is 6.50. The number of hydrogen-bond acceptors (Lipinski definition) is 8. The van der Waals surface area contributed by atoms with Crippen molar-refractivity contribution in [1.82, 2.24) is 19.7 Å². The zero-order chi connectivity index (χ0) is 26.2. The Bertz CT molecular complexity index is 1580. The summed E-state index contributed by atoms with van der Waals surface area (Å²) in [6.07, 6.45) is -2.33. The van der Waals surface area contributed by atoms with Crippen molar-refractivity contribution in [2.24, 2.45) is 0 Å². The maximum absolute atomic E-state index is 13.5. The van der Waals surface area contributed by atoms with Crippen LogP contribution in [0.5, 0.6) is 0 Å². The number of pyridine rings is 1. The van der Waals surface area contributed by atoms with Gasteiger partial charge in [-0.1, -0.05) is 11.6 Å². The maximum Gasteiger partial charge on any atom is 0.435 e. The van der Waals surface area contributed by atoms with Gasteiger partial charge in [0.05, 0.1) is 36.4 Å². The van der Waals surface area contributed by atoms with Crippen LogP contribution in [-0.4, -0.2) is 39.9 Å². The molecule has 0 N–H and O–H groups in total. The zero-order valence-corrected chi connectivity index (χ0v) is 19.6. The average molecular weight is 521 g/mol. The number of fused-ring (bicyclic) bond motifs is 1. The van der Waals surface area contributed by atoms with Crippen molar-refractivity contribution >= 4 is 34.0 Å². The molecule has 0 unspecified atom stereocenters. The maximum atomic E-state index is 13.5. The minimum atomic E-state index is -4.80. The van der Waals surface area contributed by atoms with E-state index in [0.717, 1.165) is 10.9 Å². The summed E-state index contributed by atoms with van der Waals surface area (Å²) in [5.74, 6) is -1.26. The number of carbonyl (C=O) groups excluding carboxylic acids is 1. The smallest absolute Gasteiger partial charge is 0.435 e. The van der Waals surface area contributed by atoms with E-state index in [1.165, 1.54) is 38.6 Å². The molecule has 0 amide bonds. The molecule has 1 aromatic carbocycles. The molecule has 0 aliphatic carbocycles. The first-order valence-corrected chi connectivity index (χ1v) is 10.5. The largest absolute Gasteiger partial charge is 0.503 e. The fraction of sp³-hybridized carbons (Fsp3) is 0.174. The van der Waals surface area contributed by atoms with Crippen molar-refractivity contribution in [3.8, 4) is 17.4 Å². The van der Waals surface area contributed by atoms with Gasteiger partial charge < -0.3 is 13.9 Å². The number of alkyl halides is 3. The van der Waals surface area contributed by atoms with Gasteiger partial charge in [0.25, 0.3) is 0 Å². The predicted molar refractivity (Wildman–Crippen MR) is 122 cm³/mol. The van der Waals surface area contributed by atoms with Crippen molar-refractivity contribution in [3.63, 3.8) is 0 Å². The SMILES string of the molecule is CO/C=C(/C(=O)OC)c1cc(C)c2nc(-c3cc(C(F)(F)F)nn3-c3ncccc3Cl)oc(=O)c2c1. The minimum absolute atomic E-state index is 0.0137. The molecule has 0 saturated carbocycles. The summed E-state index contributed by atoms with van der Waals surface area (Å²) >= 11 is 6.13. The van der Waals surface area contributed by atoms with Gasteiger partial charge in [-0.25, -0.2) is 24.2 Å². The van der Waals surface area contributed by atoms with Gasteiger partial charge in [-0.15, -0.1) is 0 Å². The number of methoxy groups -OCH3 is 2. The predicted octanol–water partition coefficient (Wildman–Crippen LogP) is 4.58. The number of carbonyl (C=O) groups is 1. The zero-order valence-electron chi connectivity index (χ0n) is 18.9. The van der Waals surface area contributed by atoms with Crippen LogP contribution in [-0.2, 0) is 20.4 Å². The van der Waals surface area contributed by atoms with Crippen LogP contribution < -0.4 is 5.63 Å². The topological polar surface area (TPSA) is 109 Å². The summed E-state index contributed by atoms with van der Waals surface area (Å²) in [4.78, 5) is 33.4. The highest BCUT2D eigenvalue weighted by molar-refractivity contribution is 6.32. The molecule has 0 fully saturated rings. The highest BCUT2D eigenvalue weighted by Gasteiger charge is 2.36. The van der Waals surface area contributed by atoms with Crippen LogP contribution in [0.2, 0.25) is 5.02 Å². The second-order valence-corrected chi connectivity index (χ2v) is 7.80. The first kappa shape index (κ1) is 24.9. The van der Waals surface area contributed by atoms with Crippen LogP contribution in [0.3, 0.4) is 0 Å². The fourth-order valence-electron chi connectivity index (χ4n) is 3.44. The molecule has 3 heterocycles. The molecule has 0 aliphatic heterocycles. The van der Waals surface area contributed by atoms with Crippen molar-refractivity contribution in [1.29, 1.82) is 0 Å². The van der Waals surface area contributed by atoms with Crippen LogP contribution in [0.4, 0.5) is 13.2 Å². The molecule has 36 heavy (non-hydrogen) atoms. The van der Waals surface area contributed by atoms with E-state index in [-0.39, 0.29) is 33.0 Å². The third-order valence-corrected chi connectivity index (χ3v) is 5.33. The molecule has 0 bridgehead atoms. The Morgan fingerprint density at radius 1 is 1.22 bits per heavy atom. The number of halogens is 4. The lowest BCUT2D eigenvalue weighted by atomic mass is 10.0. The molecule has 9 nitrogen and oxygen atoms in total. The van der Waals surface area contributed by atoms with Gasteiger partial charge in [0, 0.05) is 12.3 Å². The minimum Gasteiger partial charge on any atom is -0.503 e. The van der Waals surface area contributed by atoms with Gasteiger partial charge in [0.1, 0.15) is 11.3 Å². The number of nitrogens with zero attached hydrogens (tertiary/aromatic N) is 4. The molecule has 13 heteroatoms. The first-order valence-electron chi connectivity index (χ1n) is 10.1. The highest BCUT2D eigenvalue weighted by atomic mass is 35.5. The third-order valence-electron chi connectivity index (χ3n) is 5.03. The van der Waals surface area contributed by atoms with E-state index in [1.54, 1.807) is 13.0 Å². The van der Waals surface area contributed by atoms with E-state index < -0.39 is 29.4 Å². The highest BCUT2D eigenvalue weighted by Crippen LogP contribution is 2.34. The quantitative estimate of drug-likeness (QED) is 0.214. The van der Waals surface area contributed by atoms with E-state index in [9.17, 15) is 22.8 Å². The van der Waals surface area contributed by atoms with E-state index in [1.807, 2.05) is 0 Å². The van der Waals surface area contributed by atoms with Gasteiger partial charge in [-0.2, -0.15) is 18.3 Å². The third kappa shape index (κ3) is 4.54. The average Bonchev–Trinajstić information content (AvgIpc) is 3.28. The summed E-state index contributed by atoms with van der Waals surface area (Å²) in [7, 11) is 2.53. The summed E-state index contributed by atoms with van der Waals surface area (Å²) in [6.45, 7) is 1.61. The molecule has 4 aromatic rings.